The molecule has 0 bridgehead atoms. The third-order valence-electron chi connectivity index (χ3n) is 2.83. The first kappa shape index (κ1) is 12.1. The highest BCUT2D eigenvalue weighted by molar-refractivity contribution is 5.69. The molecule has 1 saturated heterocycles. The second-order valence-electron chi connectivity index (χ2n) is 4.43. The Hall–Kier alpha value is -0.940. The van der Waals surface area contributed by atoms with Gasteiger partial charge in [0.05, 0.1) is 12.1 Å². The van der Waals surface area contributed by atoms with Crippen molar-refractivity contribution in [2.24, 2.45) is 0 Å². The van der Waals surface area contributed by atoms with Gasteiger partial charge in [-0.1, -0.05) is 0 Å². The first-order valence-electron chi connectivity index (χ1n) is 5.11. The SMILES string of the molecule is CC(C)(C=O)N1CCN(CC(=O)O)CC1. The van der Waals surface area contributed by atoms with E-state index >= 15 is 0 Å². The number of nitrogens with zero attached hydrogens (tertiary/aromatic N) is 2. The van der Waals surface area contributed by atoms with Gasteiger partial charge in [0.25, 0.3) is 0 Å². The van der Waals surface area contributed by atoms with Crippen molar-refractivity contribution in [3.63, 3.8) is 0 Å². The molecule has 0 aromatic heterocycles. The van der Waals surface area contributed by atoms with Crippen LogP contribution >= 0.6 is 0 Å². The Balaban J connectivity index is 2.42. The number of aliphatic carboxylic acids is 1. The molecule has 0 atom stereocenters. The number of carboxylic acids is 1. The maximum atomic E-state index is 10.8. The first-order valence-corrected chi connectivity index (χ1v) is 5.11. The van der Waals surface area contributed by atoms with Gasteiger partial charge in [0.2, 0.25) is 0 Å². The van der Waals surface area contributed by atoms with Crippen molar-refractivity contribution in [1.29, 1.82) is 0 Å². The van der Waals surface area contributed by atoms with E-state index in [2.05, 4.69) is 4.90 Å². The zero-order chi connectivity index (χ0) is 11.5. The summed E-state index contributed by atoms with van der Waals surface area (Å²) in [5.41, 5.74) is -0.435. The number of carbonyl (C=O) groups excluding carboxylic acids is 1. The van der Waals surface area contributed by atoms with E-state index in [4.69, 9.17) is 5.11 Å². The molecular weight excluding hydrogens is 196 g/mol. The molecule has 0 unspecified atom stereocenters. The number of hydrogen-bond acceptors (Lipinski definition) is 4. The van der Waals surface area contributed by atoms with Gasteiger partial charge in [0, 0.05) is 26.2 Å². The number of carbonyl (C=O) groups is 2. The molecule has 86 valence electrons. The van der Waals surface area contributed by atoms with Gasteiger partial charge in [0.1, 0.15) is 6.29 Å². The van der Waals surface area contributed by atoms with Gasteiger partial charge in [-0.15, -0.1) is 0 Å². The van der Waals surface area contributed by atoms with Gasteiger partial charge >= 0.3 is 5.97 Å². The summed E-state index contributed by atoms with van der Waals surface area (Å²) < 4.78 is 0. The summed E-state index contributed by atoms with van der Waals surface area (Å²) in [5, 5.41) is 8.63. The van der Waals surface area contributed by atoms with Crippen LogP contribution in [0.5, 0.6) is 0 Å². The van der Waals surface area contributed by atoms with E-state index in [0.717, 1.165) is 19.4 Å². The third-order valence-corrected chi connectivity index (χ3v) is 2.83. The Labute approximate surface area is 89.7 Å². The normalized spacial score (nSPS) is 20.1. The van der Waals surface area contributed by atoms with Crippen molar-refractivity contribution in [3.05, 3.63) is 0 Å². The topological polar surface area (TPSA) is 60.9 Å². The Morgan fingerprint density at radius 3 is 2.27 bits per heavy atom. The molecule has 5 heteroatoms. The fourth-order valence-electron chi connectivity index (χ4n) is 1.75. The molecule has 1 rings (SSSR count). The number of piperazine rings is 1. The van der Waals surface area contributed by atoms with Gasteiger partial charge in [-0.05, 0) is 13.8 Å². The third kappa shape index (κ3) is 3.28. The Kier molecular flexibility index (Phi) is 3.82. The fourth-order valence-corrected chi connectivity index (χ4v) is 1.75. The molecule has 0 saturated carbocycles. The number of hydrogen-bond donors (Lipinski definition) is 1. The largest absolute Gasteiger partial charge is 0.480 e. The second kappa shape index (κ2) is 4.72. The average Bonchev–Trinajstić information content (AvgIpc) is 2.18. The van der Waals surface area contributed by atoms with E-state index in [0.29, 0.717) is 13.1 Å². The van der Waals surface area contributed by atoms with Crippen molar-refractivity contribution >= 4 is 12.3 Å². The molecule has 1 heterocycles. The number of rotatable bonds is 4. The van der Waals surface area contributed by atoms with Crippen LogP contribution in [0.15, 0.2) is 0 Å². The minimum atomic E-state index is -0.793. The molecule has 0 aromatic rings. The maximum absolute atomic E-state index is 10.8. The zero-order valence-electron chi connectivity index (χ0n) is 9.27. The molecule has 15 heavy (non-hydrogen) atoms. The van der Waals surface area contributed by atoms with Crippen LogP contribution in [0.1, 0.15) is 13.8 Å². The number of aldehydes is 1. The van der Waals surface area contributed by atoms with Crippen LogP contribution in [0, 0.1) is 0 Å². The molecule has 1 fully saturated rings. The van der Waals surface area contributed by atoms with Gasteiger partial charge < -0.3 is 9.90 Å². The minimum Gasteiger partial charge on any atom is -0.480 e. The van der Waals surface area contributed by atoms with Crippen molar-refractivity contribution in [1.82, 2.24) is 9.80 Å². The van der Waals surface area contributed by atoms with Crippen LogP contribution in [0.25, 0.3) is 0 Å². The molecule has 5 nitrogen and oxygen atoms in total. The highest BCUT2D eigenvalue weighted by Crippen LogP contribution is 2.14. The predicted molar refractivity (Wildman–Crippen MR) is 55.8 cm³/mol. The Morgan fingerprint density at radius 2 is 1.87 bits per heavy atom. The predicted octanol–water partition coefficient (Wildman–Crippen LogP) is -0.334. The molecule has 0 radical (unpaired) electrons. The highest BCUT2D eigenvalue weighted by Gasteiger charge is 2.29. The zero-order valence-corrected chi connectivity index (χ0v) is 9.27. The van der Waals surface area contributed by atoms with Crippen LogP contribution in [0.4, 0.5) is 0 Å². The number of carboxylic acid groups (broad SMARTS) is 1. The van der Waals surface area contributed by atoms with Crippen molar-refractivity contribution < 1.29 is 14.7 Å². The summed E-state index contributed by atoms with van der Waals surface area (Å²) in [5.74, 6) is -0.793. The Morgan fingerprint density at radius 1 is 1.33 bits per heavy atom. The summed E-state index contributed by atoms with van der Waals surface area (Å²) >= 11 is 0. The van der Waals surface area contributed by atoms with E-state index in [1.54, 1.807) is 0 Å². The van der Waals surface area contributed by atoms with Crippen LogP contribution in [-0.4, -0.2) is 65.4 Å². The van der Waals surface area contributed by atoms with Crippen LogP contribution in [0.2, 0.25) is 0 Å². The second-order valence-corrected chi connectivity index (χ2v) is 4.43. The van der Waals surface area contributed by atoms with Crippen LogP contribution < -0.4 is 0 Å². The van der Waals surface area contributed by atoms with Crippen molar-refractivity contribution in [3.8, 4) is 0 Å². The lowest BCUT2D eigenvalue weighted by Crippen LogP contribution is -2.55. The molecule has 0 spiro atoms. The molecular formula is C10H18N2O3. The van der Waals surface area contributed by atoms with Crippen molar-refractivity contribution in [2.75, 3.05) is 32.7 Å². The molecule has 0 amide bonds. The van der Waals surface area contributed by atoms with E-state index < -0.39 is 11.5 Å². The molecule has 0 aromatic carbocycles. The monoisotopic (exact) mass is 214 g/mol. The van der Waals surface area contributed by atoms with Gasteiger partial charge in [0.15, 0.2) is 0 Å². The summed E-state index contributed by atoms with van der Waals surface area (Å²) in [6.45, 7) is 6.78. The molecule has 0 aliphatic carbocycles. The van der Waals surface area contributed by atoms with Gasteiger partial charge in [-0.3, -0.25) is 14.6 Å². The van der Waals surface area contributed by atoms with Crippen LogP contribution in [-0.2, 0) is 9.59 Å². The quantitative estimate of drug-likeness (QED) is 0.649. The summed E-state index contributed by atoms with van der Waals surface area (Å²) in [4.78, 5) is 25.3. The fraction of sp³-hybridized carbons (Fsp3) is 0.800. The Bertz CT molecular complexity index is 245. The summed E-state index contributed by atoms with van der Waals surface area (Å²) in [6.07, 6.45) is 0.944. The van der Waals surface area contributed by atoms with Gasteiger partial charge in [-0.2, -0.15) is 0 Å². The van der Waals surface area contributed by atoms with E-state index in [1.807, 2.05) is 18.7 Å². The van der Waals surface area contributed by atoms with E-state index in [1.165, 1.54) is 0 Å². The lowest BCUT2D eigenvalue weighted by Gasteiger charge is -2.40. The van der Waals surface area contributed by atoms with Gasteiger partial charge in [-0.25, -0.2) is 0 Å². The summed E-state index contributed by atoms with van der Waals surface area (Å²) in [7, 11) is 0. The van der Waals surface area contributed by atoms with Crippen LogP contribution in [0.3, 0.4) is 0 Å². The molecule has 1 N–H and O–H groups in total. The summed E-state index contributed by atoms with van der Waals surface area (Å²) in [6, 6.07) is 0. The standard InChI is InChI=1S/C10H18N2O3/c1-10(2,8-13)12-5-3-11(4-6-12)7-9(14)15/h8H,3-7H2,1-2H3,(H,14,15). The van der Waals surface area contributed by atoms with E-state index in [-0.39, 0.29) is 6.54 Å². The lowest BCUT2D eigenvalue weighted by molar-refractivity contribution is -0.139. The maximum Gasteiger partial charge on any atom is 0.317 e. The highest BCUT2D eigenvalue weighted by atomic mass is 16.4. The molecule has 1 aliphatic heterocycles. The minimum absolute atomic E-state index is 0.0926. The smallest absolute Gasteiger partial charge is 0.317 e. The van der Waals surface area contributed by atoms with Crippen molar-refractivity contribution in [2.45, 2.75) is 19.4 Å². The first-order chi connectivity index (χ1) is 6.95. The molecule has 1 aliphatic rings. The lowest BCUT2D eigenvalue weighted by atomic mass is 10.0. The average molecular weight is 214 g/mol. The van der Waals surface area contributed by atoms with E-state index in [9.17, 15) is 9.59 Å².